The van der Waals surface area contributed by atoms with Crippen LogP contribution in [0.3, 0.4) is 0 Å². The molecule has 10 aromatic rings. The van der Waals surface area contributed by atoms with Crippen molar-refractivity contribution in [2.24, 2.45) is 0 Å². The molecule has 0 unspecified atom stereocenters. The first-order valence-corrected chi connectivity index (χ1v) is 16.6. The van der Waals surface area contributed by atoms with Gasteiger partial charge in [-0.25, -0.2) is 15.0 Å². The highest BCUT2D eigenvalue weighted by molar-refractivity contribution is 6.13. The van der Waals surface area contributed by atoms with E-state index in [4.69, 9.17) is 23.8 Å². The summed E-state index contributed by atoms with van der Waals surface area (Å²) in [6.45, 7) is 0. The molecule has 5 heteroatoms. The van der Waals surface area contributed by atoms with Crippen molar-refractivity contribution >= 4 is 43.9 Å². The molecule has 234 valence electrons. The van der Waals surface area contributed by atoms with E-state index < -0.39 is 0 Å². The van der Waals surface area contributed by atoms with Gasteiger partial charge in [0.2, 0.25) is 0 Å². The van der Waals surface area contributed by atoms with Crippen LogP contribution in [0.5, 0.6) is 0 Å². The Hall–Kier alpha value is -6.85. The fourth-order valence-corrected chi connectivity index (χ4v) is 6.92. The molecule has 3 aromatic heterocycles. The highest BCUT2D eigenvalue weighted by atomic mass is 16.3. The highest BCUT2D eigenvalue weighted by Crippen LogP contribution is 2.41. The van der Waals surface area contributed by atoms with Gasteiger partial charge in [-0.3, -0.25) is 0 Å². The minimum Gasteiger partial charge on any atom is -0.456 e. The van der Waals surface area contributed by atoms with Crippen molar-refractivity contribution in [2.75, 3.05) is 0 Å². The van der Waals surface area contributed by atoms with Crippen LogP contribution < -0.4 is 0 Å². The number of furan rings is 2. The first-order valence-electron chi connectivity index (χ1n) is 16.6. The second-order valence-electron chi connectivity index (χ2n) is 12.4. The fraction of sp³-hybridized carbons (Fsp3) is 0. The van der Waals surface area contributed by atoms with E-state index in [0.717, 1.165) is 82.8 Å². The predicted octanol–water partition coefficient (Wildman–Crippen LogP) is 12.0. The Labute approximate surface area is 287 Å². The van der Waals surface area contributed by atoms with Gasteiger partial charge in [0.25, 0.3) is 0 Å². The molecule has 0 N–H and O–H groups in total. The fourth-order valence-electron chi connectivity index (χ4n) is 6.92. The molecule has 0 aliphatic heterocycles. The molecular weight excluding hydrogens is 615 g/mol. The highest BCUT2D eigenvalue weighted by Gasteiger charge is 2.19. The minimum absolute atomic E-state index is 0.557. The second kappa shape index (κ2) is 11.4. The molecule has 0 saturated heterocycles. The van der Waals surface area contributed by atoms with Crippen LogP contribution in [0, 0.1) is 0 Å². The quantitative estimate of drug-likeness (QED) is 0.187. The molecular formula is C45H27N3O2. The zero-order valence-electron chi connectivity index (χ0n) is 26.7. The van der Waals surface area contributed by atoms with Crippen LogP contribution in [0.15, 0.2) is 173 Å². The summed E-state index contributed by atoms with van der Waals surface area (Å²) >= 11 is 0. The maximum Gasteiger partial charge on any atom is 0.164 e. The Morgan fingerprint density at radius 3 is 1.62 bits per heavy atom. The summed E-state index contributed by atoms with van der Waals surface area (Å²) in [6.07, 6.45) is 0. The maximum absolute atomic E-state index is 6.51. The van der Waals surface area contributed by atoms with Crippen molar-refractivity contribution in [3.8, 4) is 56.4 Å². The van der Waals surface area contributed by atoms with Gasteiger partial charge in [-0.1, -0.05) is 121 Å². The minimum atomic E-state index is 0.557. The smallest absolute Gasteiger partial charge is 0.164 e. The summed E-state index contributed by atoms with van der Waals surface area (Å²) in [4.78, 5) is 15.2. The molecule has 0 bridgehead atoms. The summed E-state index contributed by atoms with van der Waals surface area (Å²) < 4.78 is 12.8. The Kier molecular flexibility index (Phi) is 6.42. The first kappa shape index (κ1) is 28.2. The SMILES string of the molecule is c1ccc(-c2cccc(-c3cc(-c4nc(-c5ccccc5)nc(-c5ccc6c(c5)oc5ccccc56)n4)cc4oc5ccccc5c34)c2)cc1. The summed E-state index contributed by atoms with van der Waals surface area (Å²) in [5.41, 5.74) is 10.3. The number of hydrogen-bond acceptors (Lipinski definition) is 5. The molecule has 0 saturated carbocycles. The number of aromatic nitrogens is 3. The van der Waals surface area contributed by atoms with Crippen molar-refractivity contribution in [1.29, 1.82) is 0 Å². The van der Waals surface area contributed by atoms with Crippen LogP contribution in [0.4, 0.5) is 0 Å². The molecule has 3 heterocycles. The normalized spacial score (nSPS) is 11.6. The largest absolute Gasteiger partial charge is 0.456 e. The molecule has 0 atom stereocenters. The number of rotatable bonds is 5. The van der Waals surface area contributed by atoms with Crippen LogP contribution in [0.25, 0.3) is 100 Å². The van der Waals surface area contributed by atoms with Crippen molar-refractivity contribution in [3.05, 3.63) is 164 Å². The van der Waals surface area contributed by atoms with Gasteiger partial charge in [-0.15, -0.1) is 0 Å². The molecule has 7 aromatic carbocycles. The molecule has 50 heavy (non-hydrogen) atoms. The topological polar surface area (TPSA) is 65.0 Å². The monoisotopic (exact) mass is 641 g/mol. The van der Waals surface area contributed by atoms with Crippen LogP contribution in [0.1, 0.15) is 0 Å². The van der Waals surface area contributed by atoms with E-state index in [1.807, 2.05) is 72.8 Å². The molecule has 0 radical (unpaired) electrons. The zero-order valence-corrected chi connectivity index (χ0v) is 26.7. The van der Waals surface area contributed by atoms with Crippen LogP contribution in [0.2, 0.25) is 0 Å². The standard InChI is InChI=1S/C45H27N3O2/c1-3-12-28(13-4-1)30-16-11-17-31(24-30)37-25-33(27-41-42(37)36-19-8-10-21-39(36)50-41)45-47-43(29-14-5-2-6-15-29)46-44(48-45)32-22-23-35-34-18-7-9-20-38(34)49-40(35)26-32/h1-27H. The van der Waals surface area contributed by atoms with Gasteiger partial charge in [-0.2, -0.15) is 0 Å². The molecule has 5 nitrogen and oxygen atoms in total. The Balaban J connectivity index is 1.20. The van der Waals surface area contributed by atoms with Gasteiger partial charge in [-0.05, 0) is 64.7 Å². The van der Waals surface area contributed by atoms with E-state index >= 15 is 0 Å². The Morgan fingerprint density at radius 2 is 0.840 bits per heavy atom. The van der Waals surface area contributed by atoms with Gasteiger partial charge in [0.05, 0.1) is 0 Å². The lowest BCUT2D eigenvalue weighted by atomic mass is 9.94. The lowest BCUT2D eigenvalue weighted by Gasteiger charge is -2.12. The van der Waals surface area contributed by atoms with E-state index in [1.54, 1.807) is 0 Å². The lowest BCUT2D eigenvalue weighted by Crippen LogP contribution is -2.00. The molecule has 10 rings (SSSR count). The Morgan fingerprint density at radius 1 is 0.300 bits per heavy atom. The third-order valence-corrected chi connectivity index (χ3v) is 9.32. The lowest BCUT2D eigenvalue weighted by molar-refractivity contribution is 0.668. The van der Waals surface area contributed by atoms with Crippen LogP contribution in [-0.4, -0.2) is 15.0 Å². The van der Waals surface area contributed by atoms with E-state index in [-0.39, 0.29) is 0 Å². The van der Waals surface area contributed by atoms with Crippen LogP contribution in [-0.2, 0) is 0 Å². The van der Waals surface area contributed by atoms with Gasteiger partial charge in [0.15, 0.2) is 17.5 Å². The molecule has 0 amide bonds. The van der Waals surface area contributed by atoms with Gasteiger partial charge in [0.1, 0.15) is 22.3 Å². The summed E-state index contributed by atoms with van der Waals surface area (Å²) in [5, 5.41) is 4.26. The number of para-hydroxylation sites is 2. The average molecular weight is 642 g/mol. The van der Waals surface area contributed by atoms with Gasteiger partial charge in [0, 0.05) is 38.2 Å². The van der Waals surface area contributed by atoms with Gasteiger partial charge < -0.3 is 8.83 Å². The van der Waals surface area contributed by atoms with E-state index in [1.165, 1.54) is 0 Å². The number of fused-ring (bicyclic) bond motifs is 6. The molecule has 0 aliphatic rings. The average Bonchev–Trinajstić information content (AvgIpc) is 3.76. The van der Waals surface area contributed by atoms with Crippen molar-refractivity contribution in [2.45, 2.75) is 0 Å². The van der Waals surface area contributed by atoms with Crippen LogP contribution >= 0.6 is 0 Å². The third-order valence-electron chi connectivity index (χ3n) is 9.32. The predicted molar refractivity (Wildman–Crippen MR) is 202 cm³/mol. The summed E-state index contributed by atoms with van der Waals surface area (Å²) in [6, 6.07) is 55.8. The zero-order chi connectivity index (χ0) is 33.0. The summed E-state index contributed by atoms with van der Waals surface area (Å²) in [7, 11) is 0. The van der Waals surface area contributed by atoms with Crippen molar-refractivity contribution < 1.29 is 8.83 Å². The van der Waals surface area contributed by atoms with E-state index in [0.29, 0.717) is 17.5 Å². The number of benzene rings is 7. The summed E-state index contributed by atoms with van der Waals surface area (Å²) in [5.74, 6) is 1.71. The van der Waals surface area contributed by atoms with E-state index in [2.05, 4.69) is 91.0 Å². The third kappa shape index (κ3) is 4.75. The van der Waals surface area contributed by atoms with E-state index in [9.17, 15) is 0 Å². The molecule has 0 fully saturated rings. The number of nitrogens with zero attached hydrogens (tertiary/aromatic N) is 3. The first-order chi connectivity index (χ1) is 24.7. The van der Waals surface area contributed by atoms with Crippen molar-refractivity contribution in [1.82, 2.24) is 15.0 Å². The van der Waals surface area contributed by atoms with Crippen molar-refractivity contribution in [3.63, 3.8) is 0 Å². The maximum atomic E-state index is 6.51. The Bertz CT molecular complexity index is 2870. The number of hydrogen-bond donors (Lipinski definition) is 0. The second-order valence-corrected chi connectivity index (χ2v) is 12.4. The molecule has 0 spiro atoms. The van der Waals surface area contributed by atoms with Gasteiger partial charge >= 0.3 is 0 Å². The molecule has 0 aliphatic carbocycles.